The molecule has 100 valence electrons. The molecule has 2 aromatic rings. The fourth-order valence-corrected chi connectivity index (χ4v) is 4.07. The van der Waals surface area contributed by atoms with Gasteiger partial charge in [0.1, 0.15) is 5.75 Å². The van der Waals surface area contributed by atoms with Crippen LogP contribution in [0.3, 0.4) is 0 Å². The molecule has 0 radical (unpaired) electrons. The highest BCUT2D eigenvalue weighted by Crippen LogP contribution is 2.46. The first-order valence-corrected chi connectivity index (χ1v) is 7.99. The highest BCUT2D eigenvalue weighted by atomic mass is 35.5. The number of rotatable bonds is 3. The second-order valence-corrected chi connectivity index (χ2v) is 6.51. The standard InChI is InChI=1S/C16H17ClOS/c1-2-11-7-8-15(19-11)16(17)13-9-10-18-14-6-4-3-5-12(13)14/h3-8,13,16H,2,9-10H2,1H3. The monoisotopic (exact) mass is 292 g/mol. The summed E-state index contributed by atoms with van der Waals surface area (Å²) in [4.78, 5) is 2.68. The first-order valence-electron chi connectivity index (χ1n) is 6.74. The number of fused-ring (bicyclic) bond motifs is 1. The van der Waals surface area contributed by atoms with Crippen LogP contribution in [-0.4, -0.2) is 6.61 Å². The fourth-order valence-electron chi connectivity index (χ4n) is 2.60. The van der Waals surface area contributed by atoms with Crippen LogP contribution in [0.5, 0.6) is 5.75 Å². The molecule has 0 saturated heterocycles. The Morgan fingerprint density at radius 2 is 2.16 bits per heavy atom. The second-order valence-electron chi connectivity index (χ2n) is 4.84. The molecule has 0 amide bonds. The van der Waals surface area contributed by atoms with E-state index in [1.54, 1.807) is 0 Å². The van der Waals surface area contributed by atoms with Crippen molar-refractivity contribution in [3.05, 3.63) is 51.7 Å². The average Bonchev–Trinajstić information content (AvgIpc) is 2.95. The normalized spacial score (nSPS) is 19.6. The molecule has 0 aliphatic carbocycles. The number of ether oxygens (including phenoxy) is 1. The van der Waals surface area contributed by atoms with E-state index in [9.17, 15) is 0 Å². The SMILES string of the molecule is CCc1ccc(C(Cl)C2CCOc3ccccc32)s1. The Morgan fingerprint density at radius 1 is 1.32 bits per heavy atom. The van der Waals surface area contributed by atoms with Crippen LogP contribution in [0.25, 0.3) is 0 Å². The van der Waals surface area contributed by atoms with Crippen molar-refractivity contribution in [1.29, 1.82) is 0 Å². The topological polar surface area (TPSA) is 9.23 Å². The van der Waals surface area contributed by atoms with Crippen LogP contribution in [0.2, 0.25) is 0 Å². The molecule has 0 N–H and O–H groups in total. The Bertz CT molecular complexity index is 563. The molecule has 0 fully saturated rings. The van der Waals surface area contributed by atoms with E-state index >= 15 is 0 Å². The third-order valence-corrected chi connectivity index (χ3v) is 5.64. The molecule has 2 unspecified atom stereocenters. The van der Waals surface area contributed by atoms with E-state index in [-0.39, 0.29) is 5.38 Å². The van der Waals surface area contributed by atoms with E-state index in [1.165, 1.54) is 15.3 Å². The van der Waals surface area contributed by atoms with Crippen LogP contribution < -0.4 is 4.74 Å². The molecule has 1 nitrogen and oxygen atoms in total. The minimum absolute atomic E-state index is 0.0513. The number of alkyl halides is 1. The summed E-state index contributed by atoms with van der Waals surface area (Å²) in [5.74, 6) is 1.35. The van der Waals surface area contributed by atoms with Gasteiger partial charge >= 0.3 is 0 Å². The van der Waals surface area contributed by atoms with Gasteiger partial charge in [-0.05, 0) is 36.6 Å². The van der Waals surface area contributed by atoms with Gasteiger partial charge in [-0.2, -0.15) is 0 Å². The van der Waals surface area contributed by atoms with E-state index in [1.807, 2.05) is 23.5 Å². The lowest BCUT2D eigenvalue weighted by Gasteiger charge is -2.28. The van der Waals surface area contributed by atoms with E-state index in [0.717, 1.165) is 25.2 Å². The van der Waals surface area contributed by atoms with Crippen molar-refractivity contribution in [3.63, 3.8) is 0 Å². The summed E-state index contributed by atoms with van der Waals surface area (Å²) < 4.78 is 5.71. The zero-order chi connectivity index (χ0) is 13.2. The summed E-state index contributed by atoms with van der Waals surface area (Å²) >= 11 is 8.57. The van der Waals surface area contributed by atoms with Gasteiger partial charge < -0.3 is 4.74 Å². The predicted molar refractivity (Wildman–Crippen MR) is 81.6 cm³/mol. The largest absolute Gasteiger partial charge is 0.493 e. The van der Waals surface area contributed by atoms with Gasteiger partial charge in [-0.25, -0.2) is 0 Å². The number of benzene rings is 1. The predicted octanol–water partition coefficient (Wildman–Crippen LogP) is 5.16. The molecule has 2 heterocycles. The second kappa shape index (κ2) is 5.56. The highest BCUT2D eigenvalue weighted by molar-refractivity contribution is 7.12. The van der Waals surface area contributed by atoms with E-state index in [4.69, 9.17) is 16.3 Å². The van der Waals surface area contributed by atoms with Crippen molar-refractivity contribution in [3.8, 4) is 5.75 Å². The van der Waals surface area contributed by atoms with Gasteiger partial charge in [0, 0.05) is 15.7 Å². The molecule has 0 bridgehead atoms. The molecule has 1 aromatic heterocycles. The maximum absolute atomic E-state index is 6.74. The number of hydrogen-bond donors (Lipinski definition) is 0. The van der Waals surface area contributed by atoms with Crippen LogP contribution in [0.1, 0.15) is 40.0 Å². The first-order chi connectivity index (χ1) is 9.29. The molecule has 19 heavy (non-hydrogen) atoms. The van der Waals surface area contributed by atoms with Gasteiger partial charge in [-0.1, -0.05) is 25.1 Å². The van der Waals surface area contributed by atoms with Gasteiger partial charge in [-0.3, -0.25) is 0 Å². The van der Waals surface area contributed by atoms with Crippen LogP contribution in [0.4, 0.5) is 0 Å². The summed E-state index contributed by atoms with van der Waals surface area (Å²) in [7, 11) is 0. The molecule has 1 aliphatic rings. The highest BCUT2D eigenvalue weighted by Gasteiger charge is 2.29. The zero-order valence-electron chi connectivity index (χ0n) is 10.9. The summed E-state index contributed by atoms with van der Waals surface area (Å²) in [6, 6.07) is 12.6. The third kappa shape index (κ3) is 2.52. The van der Waals surface area contributed by atoms with Crippen molar-refractivity contribution >= 4 is 22.9 Å². The lowest BCUT2D eigenvalue weighted by atomic mass is 9.89. The molecule has 0 saturated carbocycles. The summed E-state index contributed by atoms with van der Waals surface area (Å²) in [6.07, 6.45) is 2.07. The summed E-state index contributed by atoms with van der Waals surface area (Å²) in [5, 5.41) is 0.0513. The van der Waals surface area contributed by atoms with E-state index < -0.39 is 0 Å². The fraction of sp³-hybridized carbons (Fsp3) is 0.375. The molecular weight excluding hydrogens is 276 g/mol. The first kappa shape index (κ1) is 13.0. The number of halogens is 1. The van der Waals surface area contributed by atoms with Crippen molar-refractivity contribution in [2.45, 2.75) is 31.1 Å². The summed E-state index contributed by atoms with van der Waals surface area (Å²) in [5.41, 5.74) is 1.25. The van der Waals surface area contributed by atoms with Crippen LogP contribution in [-0.2, 0) is 6.42 Å². The van der Waals surface area contributed by atoms with Gasteiger partial charge in [0.15, 0.2) is 0 Å². The Hall–Kier alpha value is -0.990. The summed E-state index contributed by atoms with van der Waals surface area (Å²) in [6.45, 7) is 2.94. The van der Waals surface area contributed by atoms with Gasteiger partial charge in [0.2, 0.25) is 0 Å². The Kier molecular flexibility index (Phi) is 3.81. The van der Waals surface area contributed by atoms with Crippen molar-refractivity contribution in [1.82, 2.24) is 0 Å². The van der Waals surface area contributed by atoms with Gasteiger partial charge in [0.05, 0.1) is 12.0 Å². The number of hydrogen-bond acceptors (Lipinski definition) is 2. The van der Waals surface area contributed by atoms with Gasteiger partial charge in [0.25, 0.3) is 0 Å². The molecule has 3 rings (SSSR count). The maximum Gasteiger partial charge on any atom is 0.122 e. The molecule has 3 heteroatoms. The Balaban J connectivity index is 1.90. The van der Waals surface area contributed by atoms with Crippen molar-refractivity contribution in [2.75, 3.05) is 6.61 Å². The average molecular weight is 293 g/mol. The minimum atomic E-state index is 0.0513. The molecular formula is C16H17ClOS. The van der Waals surface area contributed by atoms with Crippen LogP contribution in [0, 0.1) is 0 Å². The Morgan fingerprint density at radius 3 is 2.95 bits per heavy atom. The molecule has 2 atom stereocenters. The maximum atomic E-state index is 6.74. The minimum Gasteiger partial charge on any atom is -0.493 e. The smallest absolute Gasteiger partial charge is 0.122 e. The molecule has 0 spiro atoms. The third-order valence-electron chi connectivity index (χ3n) is 3.66. The van der Waals surface area contributed by atoms with Crippen LogP contribution >= 0.6 is 22.9 Å². The Labute approximate surface area is 123 Å². The lowest BCUT2D eigenvalue weighted by molar-refractivity contribution is 0.265. The molecule has 1 aliphatic heterocycles. The van der Waals surface area contributed by atoms with Crippen molar-refractivity contribution < 1.29 is 4.74 Å². The van der Waals surface area contributed by atoms with Crippen molar-refractivity contribution in [2.24, 2.45) is 0 Å². The quantitative estimate of drug-likeness (QED) is 0.710. The van der Waals surface area contributed by atoms with E-state index in [0.29, 0.717) is 5.92 Å². The van der Waals surface area contributed by atoms with Crippen LogP contribution in [0.15, 0.2) is 36.4 Å². The number of thiophene rings is 1. The van der Waals surface area contributed by atoms with Gasteiger partial charge in [-0.15, -0.1) is 22.9 Å². The molecule has 1 aromatic carbocycles. The number of aryl methyl sites for hydroxylation is 1. The number of para-hydroxylation sites is 1. The van der Waals surface area contributed by atoms with E-state index in [2.05, 4.69) is 31.2 Å². The zero-order valence-corrected chi connectivity index (χ0v) is 12.5. The lowest BCUT2D eigenvalue weighted by Crippen LogP contribution is -2.17.